The molecule has 3 nitrogen and oxygen atoms in total. The summed E-state index contributed by atoms with van der Waals surface area (Å²) in [4.78, 5) is 0. The third kappa shape index (κ3) is 3.26. The number of hydrogen-bond acceptors (Lipinski definition) is 3. The van der Waals surface area contributed by atoms with Crippen LogP contribution in [0.2, 0.25) is 0 Å². The molecule has 0 radical (unpaired) electrons. The zero-order chi connectivity index (χ0) is 14.7. The van der Waals surface area contributed by atoms with E-state index in [9.17, 15) is 5.11 Å². The molecule has 0 saturated heterocycles. The predicted octanol–water partition coefficient (Wildman–Crippen LogP) is 2.83. The van der Waals surface area contributed by atoms with Gasteiger partial charge in [-0.3, -0.25) is 0 Å². The molecule has 2 aromatic rings. The van der Waals surface area contributed by atoms with E-state index in [1.54, 1.807) is 0 Å². The molecule has 0 aliphatic heterocycles. The summed E-state index contributed by atoms with van der Waals surface area (Å²) < 4.78 is 6.04. The molecule has 3 rings (SSSR count). The fourth-order valence-corrected chi connectivity index (χ4v) is 2.61. The molecule has 1 fully saturated rings. The number of aliphatic hydroxyl groups excluding tert-OH is 1. The number of aliphatic hydroxyl groups is 1. The zero-order valence-electron chi connectivity index (χ0n) is 12.0. The van der Waals surface area contributed by atoms with Crippen LogP contribution in [0.25, 0.3) is 11.1 Å². The first-order valence-electron chi connectivity index (χ1n) is 7.47. The summed E-state index contributed by atoms with van der Waals surface area (Å²) in [5, 5.41) is 9.59. The van der Waals surface area contributed by atoms with Crippen LogP contribution in [0.3, 0.4) is 0 Å². The second kappa shape index (κ2) is 6.29. The first kappa shape index (κ1) is 14.1. The van der Waals surface area contributed by atoms with Crippen LogP contribution in [-0.4, -0.2) is 23.9 Å². The summed E-state index contributed by atoms with van der Waals surface area (Å²) in [6.45, 7) is -0.0548. The Morgan fingerprint density at radius 2 is 1.71 bits per heavy atom. The molecule has 1 aliphatic carbocycles. The van der Waals surface area contributed by atoms with E-state index >= 15 is 0 Å². The van der Waals surface area contributed by atoms with E-state index < -0.39 is 0 Å². The van der Waals surface area contributed by atoms with Gasteiger partial charge in [0.1, 0.15) is 11.9 Å². The fourth-order valence-electron chi connectivity index (χ4n) is 2.61. The number of para-hydroxylation sites is 1. The Bertz CT molecular complexity index is 581. The van der Waals surface area contributed by atoms with Crippen LogP contribution in [0.4, 0.5) is 0 Å². The summed E-state index contributed by atoms with van der Waals surface area (Å²) in [7, 11) is 0. The maximum absolute atomic E-state index is 9.59. The number of hydrogen-bond donors (Lipinski definition) is 2. The van der Waals surface area contributed by atoms with E-state index in [-0.39, 0.29) is 18.8 Å². The topological polar surface area (TPSA) is 55.5 Å². The highest BCUT2D eigenvalue weighted by Gasteiger charge is 2.35. The van der Waals surface area contributed by atoms with Crippen molar-refractivity contribution in [2.45, 2.75) is 25.0 Å². The third-order valence-electron chi connectivity index (χ3n) is 4.03. The van der Waals surface area contributed by atoms with Crippen LogP contribution in [-0.2, 0) is 0 Å². The first-order valence-corrected chi connectivity index (χ1v) is 7.47. The average molecular weight is 283 g/mol. The molecule has 110 valence electrons. The Hall–Kier alpha value is -1.84. The predicted molar refractivity (Wildman–Crippen MR) is 84.1 cm³/mol. The van der Waals surface area contributed by atoms with E-state index in [1.807, 2.05) is 42.5 Å². The van der Waals surface area contributed by atoms with Gasteiger partial charge >= 0.3 is 0 Å². The summed E-state index contributed by atoms with van der Waals surface area (Å²) in [6, 6.07) is 17.9. The fraction of sp³-hybridized carbons (Fsp3) is 0.333. The third-order valence-corrected chi connectivity index (χ3v) is 4.03. The standard InChI is InChI=1S/C18H21NO2/c19-18(14-10-11-14)17(12-20)21-16-9-5-4-8-15(16)13-6-2-1-3-7-13/h1-9,14,17-18,20H,10-12,19H2. The highest BCUT2D eigenvalue weighted by Crippen LogP contribution is 2.35. The summed E-state index contributed by atoms with van der Waals surface area (Å²) >= 11 is 0. The molecule has 21 heavy (non-hydrogen) atoms. The van der Waals surface area contributed by atoms with E-state index in [1.165, 1.54) is 0 Å². The maximum Gasteiger partial charge on any atom is 0.137 e. The minimum atomic E-state index is -0.345. The molecule has 0 amide bonds. The quantitative estimate of drug-likeness (QED) is 0.857. The molecule has 3 heteroatoms. The number of rotatable bonds is 6. The van der Waals surface area contributed by atoms with Crippen LogP contribution in [0.1, 0.15) is 12.8 Å². The lowest BCUT2D eigenvalue weighted by atomic mass is 10.0. The molecule has 0 spiro atoms. The van der Waals surface area contributed by atoms with Crippen molar-refractivity contribution in [1.82, 2.24) is 0 Å². The molecular weight excluding hydrogens is 262 g/mol. The van der Waals surface area contributed by atoms with Gasteiger partial charge in [-0.25, -0.2) is 0 Å². The van der Waals surface area contributed by atoms with Crippen molar-refractivity contribution in [3.63, 3.8) is 0 Å². The lowest BCUT2D eigenvalue weighted by Crippen LogP contribution is -2.43. The average Bonchev–Trinajstić information content (AvgIpc) is 3.38. The second-order valence-electron chi connectivity index (χ2n) is 5.62. The minimum absolute atomic E-state index is 0.0548. The van der Waals surface area contributed by atoms with Crippen LogP contribution in [0, 0.1) is 5.92 Å². The van der Waals surface area contributed by atoms with Gasteiger partial charge in [-0.05, 0) is 30.4 Å². The molecule has 0 aromatic heterocycles. The number of benzene rings is 2. The highest BCUT2D eigenvalue weighted by molar-refractivity contribution is 5.70. The maximum atomic E-state index is 9.59. The van der Waals surface area contributed by atoms with Gasteiger partial charge in [-0.2, -0.15) is 0 Å². The molecule has 2 atom stereocenters. The van der Waals surface area contributed by atoms with Gasteiger partial charge in [-0.15, -0.1) is 0 Å². The van der Waals surface area contributed by atoms with Crippen molar-refractivity contribution in [1.29, 1.82) is 0 Å². The Morgan fingerprint density at radius 3 is 2.38 bits per heavy atom. The number of nitrogens with two attached hydrogens (primary N) is 1. The zero-order valence-corrected chi connectivity index (χ0v) is 12.0. The van der Waals surface area contributed by atoms with Crippen LogP contribution < -0.4 is 10.5 Å². The van der Waals surface area contributed by atoms with Crippen molar-refractivity contribution in [2.24, 2.45) is 11.7 Å². The molecule has 3 N–H and O–H groups in total. The van der Waals surface area contributed by atoms with Gasteiger partial charge in [0.2, 0.25) is 0 Å². The molecule has 2 unspecified atom stereocenters. The van der Waals surface area contributed by atoms with Gasteiger partial charge in [0.05, 0.1) is 6.61 Å². The Morgan fingerprint density at radius 1 is 1.05 bits per heavy atom. The molecule has 2 aromatic carbocycles. The highest BCUT2D eigenvalue weighted by atomic mass is 16.5. The van der Waals surface area contributed by atoms with Gasteiger partial charge in [-0.1, -0.05) is 48.5 Å². The van der Waals surface area contributed by atoms with Gasteiger partial charge in [0, 0.05) is 11.6 Å². The Labute approximate surface area is 125 Å². The minimum Gasteiger partial charge on any atom is -0.486 e. The second-order valence-corrected chi connectivity index (χ2v) is 5.62. The molecular formula is C18H21NO2. The normalized spacial score (nSPS) is 17.2. The van der Waals surface area contributed by atoms with Crippen molar-refractivity contribution in [3.8, 4) is 16.9 Å². The molecule has 0 heterocycles. The monoisotopic (exact) mass is 283 g/mol. The van der Waals surface area contributed by atoms with Crippen molar-refractivity contribution < 1.29 is 9.84 Å². The molecule has 0 bridgehead atoms. The van der Waals surface area contributed by atoms with Crippen molar-refractivity contribution >= 4 is 0 Å². The SMILES string of the molecule is NC(C1CC1)C(CO)Oc1ccccc1-c1ccccc1. The Balaban J connectivity index is 1.85. The smallest absolute Gasteiger partial charge is 0.137 e. The van der Waals surface area contributed by atoms with Gasteiger partial charge in [0.15, 0.2) is 0 Å². The molecule has 1 saturated carbocycles. The largest absolute Gasteiger partial charge is 0.486 e. The lowest BCUT2D eigenvalue weighted by Gasteiger charge is -2.24. The Kier molecular flexibility index (Phi) is 4.23. The molecule has 1 aliphatic rings. The van der Waals surface area contributed by atoms with Crippen LogP contribution in [0.15, 0.2) is 54.6 Å². The van der Waals surface area contributed by atoms with E-state index in [0.717, 1.165) is 29.7 Å². The first-order chi connectivity index (χ1) is 10.3. The van der Waals surface area contributed by atoms with Crippen LogP contribution in [0.5, 0.6) is 5.75 Å². The van der Waals surface area contributed by atoms with Crippen molar-refractivity contribution in [2.75, 3.05) is 6.61 Å². The van der Waals surface area contributed by atoms with Crippen LogP contribution >= 0.6 is 0 Å². The summed E-state index contributed by atoms with van der Waals surface area (Å²) in [5.74, 6) is 1.27. The van der Waals surface area contributed by atoms with Crippen molar-refractivity contribution in [3.05, 3.63) is 54.6 Å². The van der Waals surface area contributed by atoms with E-state index in [4.69, 9.17) is 10.5 Å². The number of ether oxygens (including phenoxy) is 1. The van der Waals surface area contributed by atoms with E-state index in [0.29, 0.717) is 5.92 Å². The summed E-state index contributed by atoms with van der Waals surface area (Å²) in [6.07, 6.45) is 1.94. The lowest BCUT2D eigenvalue weighted by molar-refractivity contribution is 0.0887. The van der Waals surface area contributed by atoms with Gasteiger partial charge in [0.25, 0.3) is 0 Å². The van der Waals surface area contributed by atoms with E-state index in [2.05, 4.69) is 12.1 Å². The van der Waals surface area contributed by atoms with Gasteiger partial charge < -0.3 is 15.6 Å². The summed E-state index contributed by atoms with van der Waals surface area (Å²) in [5.41, 5.74) is 8.31.